The number of benzene rings is 5. The minimum atomic E-state index is 0. The molecule has 0 saturated carbocycles. The Hall–Kier alpha value is -5.74. The number of rotatable bonds is 4. The van der Waals surface area contributed by atoms with Gasteiger partial charge in [0.2, 0.25) is 5.71 Å². The van der Waals surface area contributed by atoms with Crippen molar-refractivity contribution in [3.8, 4) is 44.8 Å². The van der Waals surface area contributed by atoms with Gasteiger partial charge in [0, 0.05) is 43.6 Å². The Labute approximate surface area is 317 Å². The third kappa shape index (κ3) is 7.07. The van der Waals surface area contributed by atoms with Crippen molar-refractivity contribution in [3.63, 3.8) is 0 Å². The molecule has 9 aromatic rings. The van der Waals surface area contributed by atoms with Gasteiger partial charge < -0.3 is 14.4 Å². The van der Waals surface area contributed by atoms with E-state index in [0.717, 1.165) is 50.1 Å². The van der Waals surface area contributed by atoms with Gasteiger partial charge in [-0.1, -0.05) is 84.6 Å². The molecule has 4 aromatic heterocycles. The summed E-state index contributed by atoms with van der Waals surface area (Å²) < 4.78 is 6.21. The van der Waals surface area contributed by atoms with Crippen LogP contribution in [0.15, 0.2) is 144 Å². The quantitative estimate of drug-likeness (QED) is 0.166. The summed E-state index contributed by atoms with van der Waals surface area (Å²) >= 11 is 0. The fraction of sp³-hybridized carbons (Fsp3) is 0.0851. The molecular formula is C47H35IrN3O-2. The van der Waals surface area contributed by atoms with Gasteiger partial charge in [-0.3, -0.25) is 0 Å². The van der Waals surface area contributed by atoms with Crippen molar-refractivity contribution >= 4 is 32.8 Å². The van der Waals surface area contributed by atoms with Crippen LogP contribution in [0.25, 0.3) is 77.6 Å². The van der Waals surface area contributed by atoms with Gasteiger partial charge in [0.1, 0.15) is 0 Å². The molecule has 1 radical (unpaired) electrons. The summed E-state index contributed by atoms with van der Waals surface area (Å²) in [6.45, 7) is 8.24. The molecule has 0 spiro atoms. The number of aromatic nitrogens is 3. The minimum Gasteiger partial charge on any atom is -0.486 e. The number of hydrogen-bond donors (Lipinski definition) is 0. The van der Waals surface area contributed by atoms with Crippen molar-refractivity contribution in [1.29, 1.82) is 0 Å². The number of furan rings is 1. The molecule has 0 N–H and O–H groups in total. The van der Waals surface area contributed by atoms with Crippen molar-refractivity contribution in [2.75, 3.05) is 0 Å². The number of aryl methyl sites for hydroxylation is 4. The molecule has 0 amide bonds. The molecule has 5 aromatic carbocycles. The van der Waals surface area contributed by atoms with E-state index in [1.807, 2.05) is 68.7 Å². The molecule has 5 heteroatoms. The summed E-state index contributed by atoms with van der Waals surface area (Å²) in [5.74, 6) is 0. The van der Waals surface area contributed by atoms with Crippen LogP contribution in [0.3, 0.4) is 0 Å². The summed E-state index contributed by atoms with van der Waals surface area (Å²) in [6, 6.07) is 50.8. The Kier molecular flexibility index (Phi) is 9.91. The average Bonchev–Trinajstić information content (AvgIpc) is 3.53. The first kappa shape index (κ1) is 34.7. The van der Waals surface area contributed by atoms with Crippen LogP contribution in [-0.4, -0.2) is 15.0 Å². The first-order chi connectivity index (χ1) is 24.9. The summed E-state index contributed by atoms with van der Waals surface area (Å²) in [5, 5.41) is 4.48. The van der Waals surface area contributed by atoms with Crippen LogP contribution in [-0.2, 0) is 20.1 Å². The molecule has 0 aliphatic heterocycles. The summed E-state index contributed by atoms with van der Waals surface area (Å²) in [4.78, 5) is 13.6. The maximum atomic E-state index is 6.21. The third-order valence-electron chi connectivity index (χ3n) is 9.21. The fourth-order valence-electron chi connectivity index (χ4n) is 6.46. The van der Waals surface area contributed by atoms with Crippen LogP contribution in [0.2, 0.25) is 0 Å². The summed E-state index contributed by atoms with van der Waals surface area (Å²) in [7, 11) is 0. The normalized spacial score (nSPS) is 10.9. The second kappa shape index (κ2) is 14.9. The first-order valence-corrected chi connectivity index (χ1v) is 17.1. The van der Waals surface area contributed by atoms with Crippen LogP contribution in [0.5, 0.6) is 0 Å². The van der Waals surface area contributed by atoms with E-state index in [4.69, 9.17) is 9.40 Å². The van der Waals surface area contributed by atoms with Crippen LogP contribution in [0, 0.1) is 39.8 Å². The fourth-order valence-corrected chi connectivity index (χ4v) is 6.46. The predicted octanol–water partition coefficient (Wildman–Crippen LogP) is 12.1. The second-order valence-corrected chi connectivity index (χ2v) is 13.0. The van der Waals surface area contributed by atoms with Crippen molar-refractivity contribution in [1.82, 2.24) is 15.0 Å². The minimum absolute atomic E-state index is 0. The Balaban J connectivity index is 0.000000236. The zero-order valence-electron chi connectivity index (χ0n) is 29.4. The smallest absolute Gasteiger partial charge is 0.216 e. The van der Waals surface area contributed by atoms with E-state index in [-0.39, 0.29) is 20.1 Å². The number of hydrogen-bond acceptors (Lipinski definition) is 4. The molecule has 0 bridgehead atoms. The Morgan fingerprint density at radius 3 is 2.23 bits per heavy atom. The SMILES string of the molecule is Cc1c[c-]c(-c2ccc(C)cn2)cc1.Cc1ccc2c(n1)oc1c(-c3cc(-c4cc5ccc(-c6ccccc6)cc5cc4C)ccn3)[c-]ccc12.[Ir]. The standard InChI is InChI=1S/C34H23N2O.C13H12N.Ir/c1-21-17-27-18-24(23-7-4-3-5-8-23)12-13-25(27)19-31(21)26-15-16-35-32(20-26)30-10-6-9-28-29-14-11-22(2)36-34(29)37-33(28)30;1-10-3-6-12(7-4-10)13-8-5-11(2)9-14-13;/h3-9,11-20H,1-2H3;3-6,8-9H,1-2H3;/q2*-1;. The summed E-state index contributed by atoms with van der Waals surface area (Å²) in [6.07, 6.45) is 3.74. The van der Waals surface area contributed by atoms with Crippen LogP contribution >= 0.6 is 0 Å². The molecule has 0 aliphatic rings. The van der Waals surface area contributed by atoms with Crippen LogP contribution < -0.4 is 0 Å². The monoisotopic (exact) mass is 850 g/mol. The van der Waals surface area contributed by atoms with Crippen LogP contribution in [0.4, 0.5) is 0 Å². The van der Waals surface area contributed by atoms with E-state index in [0.29, 0.717) is 5.71 Å². The Morgan fingerprint density at radius 1 is 0.596 bits per heavy atom. The predicted molar refractivity (Wildman–Crippen MR) is 209 cm³/mol. The van der Waals surface area contributed by atoms with E-state index in [1.54, 1.807) is 0 Å². The van der Waals surface area contributed by atoms with E-state index in [1.165, 1.54) is 44.2 Å². The Morgan fingerprint density at radius 2 is 1.44 bits per heavy atom. The molecular weight excluding hydrogens is 815 g/mol. The van der Waals surface area contributed by atoms with E-state index in [9.17, 15) is 0 Å². The van der Waals surface area contributed by atoms with Crippen molar-refractivity contribution in [3.05, 3.63) is 174 Å². The van der Waals surface area contributed by atoms with E-state index in [2.05, 4.69) is 121 Å². The van der Waals surface area contributed by atoms with Gasteiger partial charge in [0.15, 0.2) is 0 Å². The van der Waals surface area contributed by atoms with E-state index < -0.39 is 0 Å². The number of nitrogens with zero attached hydrogens (tertiary/aromatic N) is 3. The molecule has 255 valence electrons. The van der Waals surface area contributed by atoms with Gasteiger partial charge in [-0.25, -0.2) is 4.98 Å². The van der Waals surface area contributed by atoms with Crippen LogP contribution in [0.1, 0.15) is 22.4 Å². The van der Waals surface area contributed by atoms with Crippen molar-refractivity contribution in [2.24, 2.45) is 0 Å². The molecule has 0 aliphatic carbocycles. The number of pyridine rings is 3. The van der Waals surface area contributed by atoms with Gasteiger partial charge >= 0.3 is 0 Å². The molecule has 9 rings (SSSR count). The first-order valence-electron chi connectivity index (χ1n) is 17.1. The largest absolute Gasteiger partial charge is 0.486 e. The zero-order valence-corrected chi connectivity index (χ0v) is 31.8. The van der Waals surface area contributed by atoms with Gasteiger partial charge in [0.25, 0.3) is 0 Å². The molecule has 4 heterocycles. The average molecular weight is 850 g/mol. The van der Waals surface area contributed by atoms with Crippen molar-refractivity contribution in [2.45, 2.75) is 27.7 Å². The molecule has 52 heavy (non-hydrogen) atoms. The number of fused-ring (bicyclic) bond motifs is 4. The second-order valence-electron chi connectivity index (χ2n) is 13.0. The topological polar surface area (TPSA) is 51.8 Å². The molecule has 0 fully saturated rings. The third-order valence-corrected chi connectivity index (χ3v) is 9.21. The molecule has 0 unspecified atom stereocenters. The summed E-state index contributed by atoms with van der Waals surface area (Å²) in [5.41, 5.74) is 14.4. The maximum Gasteiger partial charge on any atom is 0.216 e. The zero-order chi connectivity index (χ0) is 34.9. The maximum absolute atomic E-state index is 6.21. The van der Waals surface area contributed by atoms with Gasteiger partial charge in [0.05, 0.1) is 5.58 Å². The molecule has 0 atom stereocenters. The van der Waals surface area contributed by atoms with Gasteiger partial charge in [-0.05, 0) is 107 Å². The van der Waals surface area contributed by atoms with Crippen molar-refractivity contribution < 1.29 is 24.5 Å². The van der Waals surface area contributed by atoms with Gasteiger partial charge in [-0.2, -0.15) is 0 Å². The van der Waals surface area contributed by atoms with E-state index >= 15 is 0 Å². The Bertz CT molecular complexity index is 2620. The van der Waals surface area contributed by atoms with Gasteiger partial charge in [-0.15, -0.1) is 53.6 Å². The molecule has 0 saturated heterocycles. The molecule has 4 nitrogen and oxygen atoms in total.